The summed E-state index contributed by atoms with van der Waals surface area (Å²) in [5.74, 6) is 1.77. The van der Waals surface area contributed by atoms with Gasteiger partial charge in [-0.3, -0.25) is 0 Å². The van der Waals surface area contributed by atoms with Gasteiger partial charge in [0.25, 0.3) is 0 Å². The molecule has 170 valence electrons. The van der Waals surface area contributed by atoms with Crippen molar-refractivity contribution in [1.82, 2.24) is 5.32 Å². The number of ether oxygens (including phenoxy) is 3. The Morgan fingerprint density at radius 2 is 1.47 bits per heavy atom. The molecule has 0 atom stereocenters. The number of nitrogens with zero attached hydrogens (tertiary/aromatic N) is 1. The summed E-state index contributed by atoms with van der Waals surface area (Å²) in [7, 11) is 3.23. The monoisotopic (exact) mass is 547 g/mol. The Labute approximate surface area is 206 Å². The molecule has 0 aliphatic carbocycles. The van der Waals surface area contributed by atoms with Gasteiger partial charge in [-0.1, -0.05) is 60.7 Å². The average molecular weight is 547 g/mol. The van der Waals surface area contributed by atoms with E-state index in [9.17, 15) is 0 Å². The zero-order valence-corrected chi connectivity index (χ0v) is 20.7. The minimum absolute atomic E-state index is 0. The Morgan fingerprint density at radius 1 is 0.781 bits per heavy atom. The zero-order chi connectivity index (χ0) is 21.9. The number of aliphatic imine (C=N–C) groups is 1. The molecule has 0 fully saturated rings. The lowest BCUT2D eigenvalue weighted by atomic mass is 10.1. The second kappa shape index (κ2) is 13.6. The van der Waals surface area contributed by atoms with E-state index in [2.05, 4.69) is 34.6 Å². The molecule has 0 aliphatic rings. The van der Waals surface area contributed by atoms with E-state index in [-0.39, 0.29) is 24.0 Å². The highest BCUT2D eigenvalue weighted by Crippen LogP contribution is 2.27. The highest BCUT2D eigenvalue weighted by atomic mass is 127. The average Bonchev–Trinajstić information content (AvgIpc) is 2.82. The molecule has 3 aromatic carbocycles. The van der Waals surface area contributed by atoms with Crippen LogP contribution in [0.5, 0.6) is 11.5 Å². The van der Waals surface area contributed by atoms with Crippen LogP contribution in [0.3, 0.4) is 0 Å². The van der Waals surface area contributed by atoms with Crippen molar-refractivity contribution in [2.24, 2.45) is 10.7 Å². The van der Waals surface area contributed by atoms with E-state index in [1.807, 2.05) is 48.5 Å². The number of benzene rings is 3. The van der Waals surface area contributed by atoms with Gasteiger partial charge in [0.2, 0.25) is 0 Å². The smallest absolute Gasteiger partial charge is 0.189 e. The van der Waals surface area contributed by atoms with Crippen molar-refractivity contribution in [3.05, 3.63) is 95.1 Å². The van der Waals surface area contributed by atoms with Gasteiger partial charge >= 0.3 is 0 Å². The normalized spacial score (nSPS) is 10.9. The molecule has 3 rings (SSSR count). The van der Waals surface area contributed by atoms with Crippen LogP contribution in [-0.4, -0.2) is 20.2 Å². The van der Waals surface area contributed by atoms with Crippen LogP contribution in [0.15, 0.2) is 77.8 Å². The molecule has 0 spiro atoms. The summed E-state index contributed by atoms with van der Waals surface area (Å²) in [5.41, 5.74) is 10.4. The molecule has 7 heteroatoms. The van der Waals surface area contributed by atoms with E-state index in [1.165, 1.54) is 0 Å². The number of methoxy groups -OCH3 is 2. The molecule has 0 amide bonds. The second-order valence-corrected chi connectivity index (χ2v) is 7.04. The summed E-state index contributed by atoms with van der Waals surface area (Å²) in [6.45, 7) is 2.19. The van der Waals surface area contributed by atoms with Crippen molar-refractivity contribution in [2.75, 3.05) is 14.2 Å². The van der Waals surface area contributed by atoms with Crippen molar-refractivity contribution >= 4 is 29.9 Å². The van der Waals surface area contributed by atoms with Crippen molar-refractivity contribution in [1.29, 1.82) is 0 Å². The first-order valence-corrected chi connectivity index (χ1v) is 10.1. The molecular weight excluding hydrogens is 517 g/mol. The van der Waals surface area contributed by atoms with E-state index in [1.54, 1.807) is 14.2 Å². The molecular formula is C25H30IN3O3. The topological polar surface area (TPSA) is 78.1 Å². The highest BCUT2D eigenvalue weighted by molar-refractivity contribution is 14.0. The third kappa shape index (κ3) is 8.05. The summed E-state index contributed by atoms with van der Waals surface area (Å²) in [5, 5.41) is 3.13. The number of hydrogen-bond donors (Lipinski definition) is 2. The minimum atomic E-state index is 0. The van der Waals surface area contributed by atoms with Gasteiger partial charge in [-0.05, 0) is 34.4 Å². The molecule has 6 nitrogen and oxygen atoms in total. The predicted molar refractivity (Wildman–Crippen MR) is 139 cm³/mol. The number of rotatable bonds is 10. The molecule has 3 N–H and O–H groups in total. The third-order valence-electron chi connectivity index (χ3n) is 4.73. The number of nitrogens with one attached hydrogen (secondary N) is 1. The molecule has 0 heterocycles. The molecule has 0 saturated carbocycles. The molecule has 0 aromatic heterocycles. The molecule has 32 heavy (non-hydrogen) atoms. The maximum absolute atomic E-state index is 6.04. The van der Waals surface area contributed by atoms with Crippen LogP contribution in [0.2, 0.25) is 0 Å². The first kappa shape index (κ1) is 25.5. The van der Waals surface area contributed by atoms with Gasteiger partial charge in [0.1, 0.15) is 0 Å². The van der Waals surface area contributed by atoms with E-state index in [4.69, 9.17) is 19.9 Å². The molecule has 3 aromatic rings. The van der Waals surface area contributed by atoms with Crippen LogP contribution in [0.4, 0.5) is 0 Å². The minimum Gasteiger partial charge on any atom is -0.493 e. The van der Waals surface area contributed by atoms with E-state index in [0.717, 1.165) is 22.3 Å². The highest BCUT2D eigenvalue weighted by Gasteiger charge is 2.05. The summed E-state index contributed by atoms with van der Waals surface area (Å²) >= 11 is 0. The standard InChI is InChI=1S/C25H29N3O3.HI/c1-29-23-12-11-21(14-24(23)30-2)16-28-25(26)27-15-20-9-6-10-22(13-20)18-31-17-19-7-4-3-5-8-19;/h3-14H,15-18H2,1-2H3,(H3,26,27,28);1H. The van der Waals surface area contributed by atoms with Gasteiger partial charge in [0.15, 0.2) is 17.5 Å². The lowest BCUT2D eigenvalue weighted by molar-refractivity contribution is 0.107. The Balaban J connectivity index is 0.00000363. The first-order chi connectivity index (χ1) is 15.2. The van der Waals surface area contributed by atoms with Crippen molar-refractivity contribution in [3.8, 4) is 11.5 Å². The molecule has 0 unspecified atom stereocenters. The lowest BCUT2D eigenvalue weighted by Gasteiger charge is -2.11. The van der Waals surface area contributed by atoms with Crippen LogP contribution in [0, 0.1) is 0 Å². The molecule has 0 aliphatic heterocycles. The summed E-state index contributed by atoms with van der Waals surface area (Å²) in [4.78, 5) is 4.44. The quantitative estimate of drug-likeness (QED) is 0.220. The fourth-order valence-electron chi connectivity index (χ4n) is 3.09. The van der Waals surface area contributed by atoms with Crippen LogP contribution in [0.25, 0.3) is 0 Å². The van der Waals surface area contributed by atoms with Crippen LogP contribution < -0.4 is 20.5 Å². The maximum Gasteiger partial charge on any atom is 0.189 e. The van der Waals surface area contributed by atoms with Crippen molar-refractivity contribution in [2.45, 2.75) is 26.3 Å². The van der Waals surface area contributed by atoms with Gasteiger partial charge in [-0.15, -0.1) is 24.0 Å². The van der Waals surface area contributed by atoms with Gasteiger partial charge in [0, 0.05) is 6.54 Å². The Morgan fingerprint density at radius 3 is 2.22 bits per heavy atom. The number of guanidine groups is 1. The van der Waals surface area contributed by atoms with Crippen LogP contribution in [-0.2, 0) is 31.0 Å². The largest absolute Gasteiger partial charge is 0.493 e. The predicted octanol–water partition coefficient (Wildman–Crippen LogP) is 4.64. The fraction of sp³-hybridized carbons (Fsp3) is 0.240. The van der Waals surface area contributed by atoms with Gasteiger partial charge in [-0.2, -0.15) is 0 Å². The maximum atomic E-state index is 6.04. The summed E-state index contributed by atoms with van der Waals surface area (Å²) < 4.78 is 16.4. The van der Waals surface area contributed by atoms with Gasteiger partial charge in [0.05, 0.1) is 34.0 Å². The van der Waals surface area contributed by atoms with E-state index < -0.39 is 0 Å². The second-order valence-electron chi connectivity index (χ2n) is 7.04. The SMILES string of the molecule is COc1ccc(CNC(N)=NCc2cccc(COCc3ccccc3)c2)cc1OC.I. The summed E-state index contributed by atoms with van der Waals surface area (Å²) in [6, 6.07) is 24.1. The van der Waals surface area contributed by atoms with Crippen molar-refractivity contribution < 1.29 is 14.2 Å². The molecule has 0 radical (unpaired) electrons. The lowest BCUT2D eigenvalue weighted by Crippen LogP contribution is -2.31. The van der Waals surface area contributed by atoms with Gasteiger partial charge < -0.3 is 25.3 Å². The Bertz CT molecular complexity index is 997. The first-order valence-electron chi connectivity index (χ1n) is 10.1. The number of hydrogen-bond acceptors (Lipinski definition) is 4. The number of halogens is 1. The molecule has 0 bridgehead atoms. The van der Waals surface area contributed by atoms with E-state index in [0.29, 0.717) is 43.8 Å². The zero-order valence-electron chi connectivity index (χ0n) is 18.4. The fourth-order valence-corrected chi connectivity index (χ4v) is 3.09. The van der Waals surface area contributed by atoms with E-state index >= 15 is 0 Å². The third-order valence-corrected chi connectivity index (χ3v) is 4.73. The Kier molecular flexibility index (Phi) is 10.8. The van der Waals surface area contributed by atoms with Crippen LogP contribution in [0.1, 0.15) is 22.3 Å². The molecule has 0 saturated heterocycles. The van der Waals surface area contributed by atoms with Crippen molar-refractivity contribution in [3.63, 3.8) is 0 Å². The summed E-state index contributed by atoms with van der Waals surface area (Å²) in [6.07, 6.45) is 0. The van der Waals surface area contributed by atoms with Gasteiger partial charge in [-0.25, -0.2) is 4.99 Å². The van der Waals surface area contributed by atoms with Crippen LogP contribution >= 0.6 is 24.0 Å². The number of nitrogens with two attached hydrogens (primary N) is 1. The Hall–Kier alpha value is -2.78.